The van der Waals surface area contributed by atoms with Crippen molar-refractivity contribution < 1.29 is 9.90 Å². The molecule has 1 unspecified atom stereocenters. The molecule has 0 aromatic carbocycles. The molecule has 1 rings (SSSR count). The average molecular weight is 158 g/mol. The number of nitrogens with two attached hydrogens (primary N) is 1. The first kappa shape index (κ1) is 8.49. The Kier molecular flexibility index (Phi) is 2.84. The summed E-state index contributed by atoms with van der Waals surface area (Å²) in [7, 11) is 0. The van der Waals surface area contributed by atoms with Crippen molar-refractivity contribution in [3.05, 3.63) is 0 Å². The summed E-state index contributed by atoms with van der Waals surface area (Å²) in [4.78, 5) is 12.8. The molecule has 64 valence electrons. The summed E-state index contributed by atoms with van der Waals surface area (Å²) in [5.41, 5.74) is 5.22. The van der Waals surface area contributed by atoms with Gasteiger partial charge in [0.25, 0.3) is 0 Å². The van der Waals surface area contributed by atoms with E-state index in [0.29, 0.717) is 32.5 Å². The third-order valence-electron chi connectivity index (χ3n) is 1.87. The van der Waals surface area contributed by atoms with E-state index in [1.54, 1.807) is 4.90 Å². The molecule has 4 nitrogen and oxygen atoms in total. The molecule has 0 aliphatic carbocycles. The van der Waals surface area contributed by atoms with Crippen molar-refractivity contribution in [2.75, 3.05) is 19.6 Å². The van der Waals surface area contributed by atoms with Crippen LogP contribution in [0.3, 0.4) is 0 Å². The summed E-state index contributed by atoms with van der Waals surface area (Å²) < 4.78 is 0. The van der Waals surface area contributed by atoms with Crippen molar-refractivity contribution >= 4 is 5.91 Å². The Labute approximate surface area is 66.0 Å². The number of β-amino-alcohol motifs (C(OH)–C–C–N with tert-alkyl or cyclic N) is 1. The Morgan fingerprint density at radius 3 is 2.91 bits per heavy atom. The minimum atomic E-state index is -0.322. The predicted octanol–water partition coefficient (Wildman–Crippen LogP) is -1.07. The molecule has 1 aliphatic rings. The van der Waals surface area contributed by atoms with Crippen molar-refractivity contribution in [2.24, 2.45) is 5.73 Å². The molecule has 1 fully saturated rings. The highest BCUT2D eigenvalue weighted by molar-refractivity contribution is 5.76. The van der Waals surface area contributed by atoms with E-state index in [-0.39, 0.29) is 12.0 Å². The van der Waals surface area contributed by atoms with Crippen LogP contribution in [0, 0.1) is 0 Å². The van der Waals surface area contributed by atoms with Crippen molar-refractivity contribution in [3.63, 3.8) is 0 Å². The second-order valence-electron chi connectivity index (χ2n) is 2.82. The molecule has 11 heavy (non-hydrogen) atoms. The summed E-state index contributed by atoms with van der Waals surface area (Å²) in [6, 6.07) is 0. The van der Waals surface area contributed by atoms with Crippen molar-refractivity contribution in [3.8, 4) is 0 Å². The molecular formula is C7H14N2O2. The minimum absolute atomic E-state index is 0.0593. The number of hydrogen-bond acceptors (Lipinski definition) is 3. The number of likely N-dealkylation sites (tertiary alicyclic amines) is 1. The molecule has 0 bridgehead atoms. The maximum atomic E-state index is 11.1. The van der Waals surface area contributed by atoms with E-state index in [1.165, 1.54) is 0 Å². The van der Waals surface area contributed by atoms with Gasteiger partial charge in [-0.25, -0.2) is 0 Å². The highest BCUT2D eigenvalue weighted by Crippen LogP contribution is 2.09. The Hall–Kier alpha value is -0.610. The molecule has 1 saturated heterocycles. The number of amides is 1. The summed E-state index contributed by atoms with van der Waals surface area (Å²) in [6.45, 7) is 1.56. The summed E-state index contributed by atoms with van der Waals surface area (Å²) in [6.07, 6.45) is 0.778. The highest BCUT2D eigenvalue weighted by Gasteiger charge is 2.23. The van der Waals surface area contributed by atoms with Crippen LogP contribution in [0.15, 0.2) is 0 Å². The monoisotopic (exact) mass is 158 g/mol. The van der Waals surface area contributed by atoms with Gasteiger partial charge in [0.05, 0.1) is 6.10 Å². The number of aliphatic hydroxyl groups excluding tert-OH is 1. The Morgan fingerprint density at radius 2 is 2.45 bits per heavy atom. The first-order valence-corrected chi connectivity index (χ1v) is 3.90. The van der Waals surface area contributed by atoms with Gasteiger partial charge in [0.15, 0.2) is 0 Å². The molecule has 1 heterocycles. The van der Waals surface area contributed by atoms with Crippen LogP contribution in [0.5, 0.6) is 0 Å². The number of carbonyl (C=O) groups is 1. The second kappa shape index (κ2) is 3.69. The van der Waals surface area contributed by atoms with Crippen LogP contribution in [0.4, 0.5) is 0 Å². The third kappa shape index (κ3) is 2.17. The van der Waals surface area contributed by atoms with Crippen molar-refractivity contribution in [1.82, 2.24) is 4.90 Å². The lowest BCUT2D eigenvalue weighted by Gasteiger charge is -2.14. The Morgan fingerprint density at radius 1 is 1.73 bits per heavy atom. The van der Waals surface area contributed by atoms with Gasteiger partial charge in [0.2, 0.25) is 5.91 Å². The maximum absolute atomic E-state index is 11.1. The van der Waals surface area contributed by atoms with Crippen molar-refractivity contribution in [1.29, 1.82) is 0 Å². The van der Waals surface area contributed by atoms with Crippen molar-refractivity contribution in [2.45, 2.75) is 18.9 Å². The zero-order valence-corrected chi connectivity index (χ0v) is 6.49. The zero-order valence-electron chi connectivity index (χ0n) is 6.49. The molecule has 1 atom stereocenters. The Bertz CT molecular complexity index is 149. The van der Waals surface area contributed by atoms with Gasteiger partial charge in [-0.15, -0.1) is 0 Å². The molecule has 1 amide bonds. The van der Waals surface area contributed by atoms with Gasteiger partial charge in [0.1, 0.15) is 0 Å². The standard InChI is InChI=1S/C7H14N2O2/c8-3-1-7(11)9-4-2-6(10)5-9/h6,10H,1-5,8H2. The molecule has 0 spiro atoms. The summed E-state index contributed by atoms with van der Waals surface area (Å²) in [5, 5.41) is 9.09. The van der Waals surface area contributed by atoms with E-state index in [4.69, 9.17) is 10.8 Å². The average Bonchev–Trinajstić information content (AvgIpc) is 2.36. The lowest BCUT2D eigenvalue weighted by atomic mass is 10.3. The van der Waals surface area contributed by atoms with Crippen LogP contribution < -0.4 is 5.73 Å². The first-order valence-electron chi connectivity index (χ1n) is 3.90. The minimum Gasteiger partial charge on any atom is -0.391 e. The maximum Gasteiger partial charge on any atom is 0.223 e. The van der Waals surface area contributed by atoms with E-state index < -0.39 is 0 Å². The van der Waals surface area contributed by atoms with Crippen LogP contribution >= 0.6 is 0 Å². The fourth-order valence-electron chi connectivity index (χ4n) is 1.25. The molecule has 0 aromatic heterocycles. The van der Waals surface area contributed by atoms with E-state index in [0.717, 1.165) is 0 Å². The van der Waals surface area contributed by atoms with E-state index in [9.17, 15) is 4.79 Å². The quantitative estimate of drug-likeness (QED) is 0.537. The van der Waals surface area contributed by atoms with Crippen LogP contribution in [-0.4, -0.2) is 41.7 Å². The summed E-state index contributed by atoms with van der Waals surface area (Å²) >= 11 is 0. The van der Waals surface area contributed by atoms with Crippen LogP contribution in [0.1, 0.15) is 12.8 Å². The SMILES string of the molecule is NCCC(=O)N1CCC(O)C1. The predicted molar refractivity (Wildman–Crippen MR) is 40.9 cm³/mol. The van der Waals surface area contributed by atoms with E-state index in [1.807, 2.05) is 0 Å². The van der Waals surface area contributed by atoms with E-state index >= 15 is 0 Å². The van der Waals surface area contributed by atoms with Gasteiger partial charge in [-0.2, -0.15) is 0 Å². The molecule has 4 heteroatoms. The molecule has 1 aliphatic heterocycles. The number of carbonyl (C=O) groups excluding carboxylic acids is 1. The van der Waals surface area contributed by atoms with Crippen LogP contribution in [-0.2, 0) is 4.79 Å². The van der Waals surface area contributed by atoms with Gasteiger partial charge in [0, 0.05) is 26.1 Å². The number of aliphatic hydroxyl groups is 1. The number of hydrogen-bond donors (Lipinski definition) is 2. The molecule has 0 aromatic rings. The Balaban J connectivity index is 2.31. The van der Waals surface area contributed by atoms with Gasteiger partial charge in [-0.3, -0.25) is 4.79 Å². The van der Waals surface area contributed by atoms with E-state index in [2.05, 4.69) is 0 Å². The highest BCUT2D eigenvalue weighted by atomic mass is 16.3. The summed E-state index contributed by atoms with van der Waals surface area (Å²) in [5.74, 6) is 0.0593. The molecule has 3 N–H and O–H groups in total. The fraction of sp³-hybridized carbons (Fsp3) is 0.857. The van der Waals surface area contributed by atoms with Crippen LogP contribution in [0.2, 0.25) is 0 Å². The number of nitrogens with zero attached hydrogens (tertiary/aromatic N) is 1. The van der Waals surface area contributed by atoms with Gasteiger partial charge >= 0.3 is 0 Å². The normalized spacial score (nSPS) is 24.2. The number of rotatable bonds is 2. The van der Waals surface area contributed by atoms with Crippen LogP contribution in [0.25, 0.3) is 0 Å². The lowest BCUT2D eigenvalue weighted by Crippen LogP contribution is -2.30. The lowest BCUT2D eigenvalue weighted by molar-refractivity contribution is -0.130. The largest absolute Gasteiger partial charge is 0.391 e. The fourth-order valence-corrected chi connectivity index (χ4v) is 1.25. The molecule has 0 saturated carbocycles. The van der Waals surface area contributed by atoms with Gasteiger partial charge in [-0.1, -0.05) is 0 Å². The second-order valence-corrected chi connectivity index (χ2v) is 2.82. The van der Waals surface area contributed by atoms with Gasteiger partial charge in [-0.05, 0) is 6.42 Å². The smallest absolute Gasteiger partial charge is 0.223 e. The molecule has 0 radical (unpaired) electrons. The third-order valence-corrected chi connectivity index (χ3v) is 1.87. The van der Waals surface area contributed by atoms with Gasteiger partial charge < -0.3 is 15.7 Å². The topological polar surface area (TPSA) is 66.6 Å². The molecular weight excluding hydrogens is 144 g/mol. The first-order chi connectivity index (χ1) is 5.24. The zero-order chi connectivity index (χ0) is 8.27.